The maximum atomic E-state index is 6.20. The van der Waals surface area contributed by atoms with Gasteiger partial charge in [0.1, 0.15) is 16.6 Å². The van der Waals surface area contributed by atoms with Gasteiger partial charge in [0.15, 0.2) is 0 Å². The lowest BCUT2D eigenvalue weighted by Gasteiger charge is -2.20. The normalized spacial score (nSPS) is 14.6. The summed E-state index contributed by atoms with van der Waals surface area (Å²) in [5.41, 5.74) is 6.12. The van der Waals surface area contributed by atoms with Crippen LogP contribution in [-0.2, 0) is 6.54 Å². The second kappa shape index (κ2) is 7.28. The molecular weight excluding hydrogens is 360 g/mol. The van der Waals surface area contributed by atoms with Gasteiger partial charge in [-0.05, 0) is 64.1 Å². The minimum Gasteiger partial charge on any atom is -0.441 e. The van der Waals surface area contributed by atoms with Gasteiger partial charge in [0.05, 0.1) is 11.3 Å². The minimum atomic E-state index is 0.501. The van der Waals surface area contributed by atoms with Crippen LogP contribution < -0.4 is 0 Å². The number of halogens is 1. The number of fused-ring (bicyclic) bond motifs is 1. The van der Waals surface area contributed by atoms with Crippen molar-refractivity contribution in [2.45, 2.75) is 53.5 Å². The summed E-state index contributed by atoms with van der Waals surface area (Å²) >= 11 is 6.04. The molecule has 3 heterocycles. The molecule has 27 heavy (non-hydrogen) atoms. The summed E-state index contributed by atoms with van der Waals surface area (Å²) in [7, 11) is 0. The lowest BCUT2D eigenvalue weighted by molar-refractivity contribution is 0.254. The molecule has 1 aliphatic carbocycles. The zero-order chi connectivity index (χ0) is 19.1. The fourth-order valence-electron chi connectivity index (χ4n) is 3.83. The number of oxazole rings is 1. The molecule has 0 atom stereocenters. The third-order valence-electron chi connectivity index (χ3n) is 5.40. The third-order valence-corrected chi connectivity index (χ3v) is 5.61. The second-order valence-electron chi connectivity index (χ2n) is 7.79. The van der Waals surface area contributed by atoms with E-state index in [1.807, 2.05) is 30.6 Å². The zero-order valence-electron chi connectivity index (χ0n) is 16.5. The Labute approximate surface area is 165 Å². The van der Waals surface area contributed by atoms with E-state index in [0.29, 0.717) is 5.15 Å². The molecule has 0 spiro atoms. The van der Waals surface area contributed by atoms with Crippen molar-refractivity contribution in [3.63, 3.8) is 0 Å². The van der Waals surface area contributed by atoms with Crippen LogP contribution in [0.1, 0.15) is 48.8 Å². The number of hydrogen-bond donors (Lipinski definition) is 0. The first-order chi connectivity index (χ1) is 13.0. The van der Waals surface area contributed by atoms with E-state index in [-0.39, 0.29) is 0 Å². The third kappa shape index (κ3) is 3.63. The molecule has 0 aliphatic heterocycles. The monoisotopic (exact) mass is 386 g/mol. The largest absolute Gasteiger partial charge is 0.441 e. The predicted octanol–water partition coefficient (Wildman–Crippen LogP) is 5.19. The van der Waals surface area contributed by atoms with Crippen LogP contribution in [0.4, 0.5) is 0 Å². The molecule has 0 aromatic carbocycles. The van der Waals surface area contributed by atoms with E-state index in [1.165, 1.54) is 24.9 Å². The summed E-state index contributed by atoms with van der Waals surface area (Å²) in [6.45, 7) is 11.5. The van der Waals surface area contributed by atoms with Gasteiger partial charge in [-0.1, -0.05) is 18.5 Å². The van der Waals surface area contributed by atoms with E-state index in [1.54, 1.807) is 0 Å². The van der Waals surface area contributed by atoms with Crippen molar-refractivity contribution in [1.29, 1.82) is 0 Å². The van der Waals surface area contributed by atoms with Gasteiger partial charge in [-0.2, -0.15) is 9.61 Å². The van der Waals surface area contributed by atoms with Gasteiger partial charge in [-0.15, -0.1) is 0 Å². The average molecular weight is 387 g/mol. The van der Waals surface area contributed by atoms with Crippen molar-refractivity contribution >= 4 is 17.3 Å². The Morgan fingerprint density at radius 2 is 2.07 bits per heavy atom. The molecule has 4 rings (SSSR count). The van der Waals surface area contributed by atoms with Crippen molar-refractivity contribution in [2.75, 3.05) is 13.1 Å². The highest BCUT2D eigenvalue weighted by Gasteiger charge is 2.27. The Kier molecular flexibility index (Phi) is 4.99. The smallest absolute Gasteiger partial charge is 0.227 e. The first kappa shape index (κ1) is 18.5. The van der Waals surface area contributed by atoms with Crippen LogP contribution in [0.2, 0.25) is 5.15 Å². The molecule has 0 N–H and O–H groups in total. The quantitative estimate of drug-likeness (QED) is 0.524. The number of hydrogen-bond acceptors (Lipinski definition) is 4. The number of pyridine rings is 1. The van der Waals surface area contributed by atoms with Crippen LogP contribution in [0, 0.1) is 26.7 Å². The van der Waals surface area contributed by atoms with E-state index < -0.39 is 0 Å². The van der Waals surface area contributed by atoms with Crippen LogP contribution in [-0.4, -0.2) is 32.6 Å². The topological polar surface area (TPSA) is 46.6 Å². The highest BCUT2D eigenvalue weighted by atomic mass is 35.5. The van der Waals surface area contributed by atoms with Crippen molar-refractivity contribution in [3.05, 3.63) is 40.0 Å². The second-order valence-corrected chi connectivity index (χ2v) is 8.18. The van der Waals surface area contributed by atoms with Gasteiger partial charge in [0.2, 0.25) is 5.71 Å². The summed E-state index contributed by atoms with van der Waals surface area (Å²) < 4.78 is 8.15. The SMILES string of the molecule is CCCN(Cc1c(C)nn2c(-c3cnc(Cl)cc3C)c(C)oc12)CC1CC1. The molecule has 1 aliphatic rings. The molecule has 1 saturated carbocycles. The molecule has 3 aromatic heterocycles. The number of aromatic nitrogens is 3. The van der Waals surface area contributed by atoms with Crippen molar-refractivity contribution in [1.82, 2.24) is 19.5 Å². The van der Waals surface area contributed by atoms with Gasteiger partial charge in [-0.25, -0.2) is 4.98 Å². The van der Waals surface area contributed by atoms with Crippen LogP contribution in [0.3, 0.4) is 0 Å². The fraction of sp³-hybridized carbons (Fsp3) is 0.524. The van der Waals surface area contributed by atoms with Gasteiger partial charge in [-0.3, -0.25) is 4.90 Å². The van der Waals surface area contributed by atoms with Crippen LogP contribution >= 0.6 is 11.6 Å². The van der Waals surface area contributed by atoms with E-state index in [9.17, 15) is 0 Å². The van der Waals surface area contributed by atoms with Crippen LogP contribution in [0.25, 0.3) is 17.0 Å². The fourth-order valence-corrected chi connectivity index (χ4v) is 4.05. The Morgan fingerprint density at radius 3 is 2.74 bits per heavy atom. The highest BCUT2D eigenvalue weighted by Crippen LogP contribution is 2.34. The average Bonchev–Trinajstić information content (AvgIpc) is 3.30. The molecule has 0 saturated heterocycles. The first-order valence-electron chi connectivity index (χ1n) is 9.80. The molecule has 0 radical (unpaired) electrons. The van der Waals surface area contributed by atoms with Crippen LogP contribution in [0.15, 0.2) is 16.7 Å². The molecule has 0 unspecified atom stereocenters. The highest BCUT2D eigenvalue weighted by molar-refractivity contribution is 6.29. The first-order valence-corrected chi connectivity index (χ1v) is 10.2. The lowest BCUT2D eigenvalue weighted by atomic mass is 10.1. The standard InChI is InChI=1S/C21H27ClN4O/c1-5-8-25(11-16-6-7-16)12-18-14(3)24-26-20(15(4)27-21(18)26)17-10-23-19(22)9-13(17)2/h9-10,16H,5-8,11-12H2,1-4H3. The lowest BCUT2D eigenvalue weighted by Crippen LogP contribution is -2.26. The Bertz CT molecular complexity index is 970. The summed E-state index contributed by atoms with van der Waals surface area (Å²) in [6.07, 6.45) is 5.71. The van der Waals surface area contributed by atoms with E-state index in [4.69, 9.17) is 21.1 Å². The summed E-state index contributed by atoms with van der Waals surface area (Å²) in [5.74, 6) is 1.73. The Balaban J connectivity index is 1.74. The van der Waals surface area contributed by atoms with Gasteiger partial charge >= 0.3 is 0 Å². The summed E-state index contributed by atoms with van der Waals surface area (Å²) in [5, 5.41) is 5.32. The molecular formula is C21H27ClN4O. The summed E-state index contributed by atoms with van der Waals surface area (Å²) in [4.78, 5) is 6.81. The van der Waals surface area contributed by atoms with E-state index in [2.05, 4.69) is 23.7 Å². The Hall–Kier alpha value is -1.85. The molecule has 1 fully saturated rings. The van der Waals surface area contributed by atoms with Crippen LogP contribution in [0.5, 0.6) is 0 Å². The van der Waals surface area contributed by atoms with Gasteiger partial charge < -0.3 is 4.42 Å². The summed E-state index contributed by atoms with van der Waals surface area (Å²) in [6, 6.07) is 1.88. The number of aryl methyl sites for hydroxylation is 3. The maximum Gasteiger partial charge on any atom is 0.227 e. The van der Waals surface area contributed by atoms with Gasteiger partial charge in [0.25, 0.3) is 0 Å². The molecule has 6 heteroatoms. The number of nitrogens with zero attached hydrogens (tertiary/aromatic N) is 4. The molecule has 0 bridgehead atoms. The molecule has 0 amide bonds. The Morgan fingerprint density at radius 1 is 1.30 bits per heavy atom. The predicted molar refractivity (Wildman–Crippen MR) is 108 cm³/mol. The molecule has 144 valence electrons. The van der Waals surface area contributed by atoms with Gasteiger partial charge in [0, 0.05) is 24.8 Å². The number of rotatable bonds is 7. The molecule has 5 nitrogen and oxygen atoms in total. The molecule has 3 aromatic rings. The van der Waals surface area contributed by atoms with Crippen molar-refractivity contribution in [3.8, 4) is 11.3 Å². The van der Waals surface area contributed by atoms with E-state index >= 15 is 0 Å². The maximum absolute atomic E-state index is 6.20. The van der Waals surface area contributed by atoms with Crippen molar-refractivity contribution < 1.29 is 4.42 Å². The van der Waals surface area contributed by atoms with Crippen molar-refractivity contribution in [2.24, 2.45) is 5.92 Å². The van der Waals surface area contributed by atoms with E-state index in [0.717, 1.165) is 59.4 Å². The minimum absolute atomic E-state index is 0.501. The zero-order valence-corrected chi connectivity index (χ0v) is 17.3.